The van der Waals surface area contributed by atoms with Gasteiger partial charge in [-0.1, -0.05) is 164 Å². The van der Waals surface area contributed by atoms with Gasteiger partial charge in [-0.15, -0.1) is 0 Å². The fraction of sp³-hybridized carbons (Fsp3) is 0.0156. The van der Waals surface area contributed by atoms with E-state index in [0.29, 0.717) is 17.5 Å². The number of furan rings is 2. The Bertz CT molecular complexity index is 4560. The van der Waals surface area contributed by atoms with Crippen LogP contribution in [0.5, 0.6) is 0 Å². The molecule has 3 aromatic heterocycles. The topological polar surface area (TPSA) is 65.0 Å². The summed E-state index contributed by atoms with van der Waals surface area (Å²) >= 11 is 0. The summed E-state index contributed by atoms with van der Waals surface area (Å²) in [6.45, 7) is 0. The zero-order chi connectivity index (χ0) is 44.9. The van der Waals surface area contributed by atoms with Crippen LogP contribution < -0.4 is 0 Å². The largest absolute Gasteiger partial charge is 0.455 e. The zero-order valence-corrected chi connectivity index (χ0v) is 36.9. The summed E-state index contributed by atoms with van der Waals surface area (Å²) in [4.78, 5) is 16.8. The predicted octanol–water partition coefficient (Wildman–Crippen LogP) is 17.2. The molecular weight excluding hydrogens is 843 g/mol. The highest BCUT2D eigenvalue weighted by Crippen LogP contribution is 2.49. The molecule has 5 heteroatoms. The third-order valence-electron chi connectivity index (χ3n) is 14.8. The number of fused-ring (bicyclic) bond motifs is 20. The molecule has 69 heavy (non-hydrogen) atoms. The lowest BCUT2D eigenvalue weighted by Crippen LogP contribution is -2.03. The molecule has 0 saturated carbocycles. The van der Waals surface area contributed by atoms with E-state index in [1.54, 1.807) is 0 Å². The van der Waals surface area contributed by atoms with Crippen LogP contribution in [0.1, 0.15) is 11.1 Å². The Labute approximate surface area is 393 Å². The van der Waals surface area contributed by atoms with Crippen LogP contribution in [0.2, 0.25) is 0 Å². The van der Waals surface area contributed by atoms with Gasteiger partial charge in [-0.2, -0.15) is 0 Å². The van der Waals surface area contributed by atoms with E-state index in [1.165, 1.54) is 38.4 Å². The maximum atomic E-state index is 7.05. The molecule has 12 aromatic carbocycles. The van der Waals surface area contributed by atoms with E-state index in [-0.39, 0.29) is 0 Å². The van der Waals surface area contributed by atoms with Crippen molar-refractivity contribution in [3.63, 3.8) is 0 Å². The number of aromatic nitrogens is 3. The number of hydrogen-bond acceptors (Lipinski definition) is 5. The van der Waals surface area contributed by atoms with E-state index in [2.05, 4.69) is 200 Å². The summed E-state index contributed by atoms with van der Waals surface area (Å²) in [5, 5.41) is 18.0. The van der Waals surface area contributed by atoms with Gasteiger partial charge in [0.15, 0.2) is 17.5 Å². The van der Waals surface area contributed by atoms with Crippen molar-refractivity contribution in [1.29, 1.82) is 0 Å². The number of hydrogen-bond donors (Lipinski definition) is 0. The van der Waals surface area contributed by atoms with Crippen molar-refractivity contribution >= 4 is 109 Å². The molecule has 0 spiro atoms. The second-order valence-electron chi connectivity index (χ2n) is 18.6. The lowest BCUT2D eigenvalue weighted by atomic mass is 9.93. The van der Waals surface area contributed by atoms with Crippen LogP contribution in [0.15, 0.2) is 209 Å². The molecule has 0 aliphatic heterocycles. The predicted molar refractivity (Wildman–Crippen MR) is 284 cm³/mol. The van der Waals surface area contributed by atoms with Gasteiger partial charge >= 0.3 is 0 Å². The molecule has 0 amide bonds. The Morgan fingerprint density at radius 2 is 0.681 bits per heavy atom. The van der Waals surface area contributed by atoms with E-state index in [9.17, 15) is 0 Å². The van der Waals surface area contributed by atoms with E-state index in [0.717, 1.165) is 115 Å². The summed E-state index contributed by atoms with van der Waals surface area (Å²) in [5.41, 5.74) is 10.7. The lowest BCUT2D eigenvalue weighted by Gasteiger charge is -2.15. The third-order valence-corrected chi connectivity index (χ3v) is 14.8. The molecule has 5 nitrogen and oxygen atoms in total. The van der Waals surface area contributed by atoms with Crippen molar-refractivity contribution in [3.05, 3.63) is 211 Å². The van der Waals surface area contributed by atoms with Crippen LogP contribution in [-0.2, 0) is 6.42 Å². The van der Waals surface area contributed by atoms with Crippen LogP contribution >= 0.6 is 0 Å². The van der Waals surface area contributed by atoms with Crippen LogP contribution in [0, 0.1) is 0 Å². The Balaban J connectivity index is 1.05. The van der Waals surface area contributed by atoms with Gasteiger partial charge in [0, 0.05) is 27.1 Å². The van der Waals surface area contributed by atoms with Gasteiger partial charge in [-0.25, -0.2) is 15.0 Å². The highest BCUT2D eigenvalue weighted by atomic mass is 16.3. The summed E-state index contributed by atoms with van der Waals surface area (Å²) in [6.07, 6.45) is 0.750. The minimum absolute atomic E-state index is 0.528. The zero-order valence-electron chi connectivity index (χ0n) is 36.9. The Morgan fingerprint density at radius 3 is 1.20 bits per heavy atom. The SMILES string of the molecule is c1ccc2cc3c(cc2c1)Cc1c(-c2nc(-c4cc5ccccc5c5c4oc4ccc6ccccc6c45)nc(-c4cc5ccccc5c5c4oc4ccc6ccccc6c45)n2)cc2ccccc2c1-3. The summed E-state index contributed by atoms with van der Waals surface area (Å²) in [6, 6.07) is 71.5. The lowest BCUT2D eigenvalue weighted by molar-refractivity contribution is 0.670. The van der Waals surface area contributed by atoms with Gasteiger partial charge in [-0.05, 0) is 130 Å². The van der Waals surface area contributed by atoms with Crippen LogP contribution in [0.25, 0.3) is 154 Å². The van der Waals surface area contributed by atoms with Gasteiger partial charge in [0.05, 0.1) is 11.1 Å². The molecule has 0 N–H and O–H groups in total. The second-order valence-corrected chi connectivity index (χ2v) is 18.6. The maximum absolute atomic E-state index is 7.05. The van der Waals surface area contributed by atoms with Crippen LogP contribution in [-0.4, -0.2) is 15.0 Å². The van der Waals surface area contributed by atoms with Gasteiger partial charge in [0.1, 0.15) is 22.3 Å². The molecule has 0 fully saturated rings. The van der Waals surface area contributed by atoms with Crippen LogP contribution in [0.4, 0.5) is 0 Å². The first-order chi connectivity index (χ1) is 34.2. The standard InChI is InChI=1S/C64H35N3O2/c1-2-16-38-30-48-42(29-37(38)15-1)34-49-50(31-39-17-5-10-22-45(39)55(48)49)62-65-63(51-32-40-18-6-11-23-46(40)58-56-43-20-8-3-13-35(43)25-27-53(56)68-60(51)58)67-64(66-62)52-33-41-19-7-12-24-47(41)59-57-44-21-9-4-14-36(44)26-28-54(57)69-61(52)59/h1-33H,34H2. The Morgan fingerprint density at radius 1 is 0.304 bits per heavy atom. The van der Waals surface area contributed by atoms with Crippen molar-refractivity contribution < 1.29 is 8.83 Å². The molecule has 0 saturated heterocycles. The maximum Gasteiger partial charge on any atom is 0.167 e. The molecule has 318 valence electrons. The van der Waals surface area contributed by atoms with Gasteiger partial charge < -0.3 is 8.83 Å². The fourth-order valence-corrected chi connectivity index (χ4v) is 11.8. The number of rotatable bonds is 3. The quantitative estimate of drug-likeness (QED) is 0.177. The first-order valence-electron chi connectivity index (χ1n) is 23.5. The van der Waals surface area contributed by atoms with Crippen molar-refractivity contribution in [2.45, 2.75) is 6.42 Å². The molecule has 3 heterocycles. The first kappa shape index (κ1) is 37.0. The Kier molecular flexibility index (Phi) is 7.33. The molecule has 16 rings (SSSR count). The van der Waals surface area contributed by atoms with Gasteiger partial charge in [0.25, 0.3) is 0 Å². The van der Waals surface area contributed by atoms with Gasteiger partial charge in [0.2, 0.25) is 0 Å². The van der Waals surface area contributed by atoms with E-state index in [1.807, 2.05) is 0 Å². The first-order valence-corrected chi connectivity index (χ1v) is 23.5. The molecule has 1 aliphatic rings. The smallest absolute Gasteiger partial charge is 0.167 e. The average molecular weight is 878 g/mol. The van der Waals surface area contributed by atoms with Crippen molar-refractivity contribution in [1.82, 2.24) is 15.0 Å². The highest BCUT2D eigenvalue weighted by Gasteiger charge is 2.29. The highest BCUT2D eigenvalue weighted by molar-refractivity contribution is 6.30. The minimum atomic E-state index is 0.528. The molecular formula is C64H35N3O2. The molecule has 0 radical (unpaired) electrons. The van der Waals surface area contributed by atoms with Crippen LogP contribution in [0.3, 0.4) is 0 Å². The molecule has 1 aliphatic carbocycles. The van der Waals surface area contributed by atoms with Crippen molar-refractivity contribution in [2.75, 3.05) is 0 Å². The molecule has 0 unspecified atom stereocenters. The minimum Gasteiger partial charge on any atom is -0.455 e. The third kappa shape index (κ3) is 5.21. The second kappa shape index (κ2) is 13.7. The molecule has 0 bridgehead atoms. The van der Waals surface area contributed by atoms with E-state index < -0.39 is 0 Å². The molecule has 15 aromatic rings. The van der Waals surface area contributed by atoms with Crippen molar-refractivity contribution in [3.8, 4) is 45.3 Å². The number of benzene rings is 12. The van der Waals surface area contributed by atoms with E-state index >= 15 is 0 Å². The average Bonchev–Trinajstić information content (AvgIpc) is 4.12. The summed E-state index contributed by atoms with van der Waals surface area (Å²) < 4.78 is 14.1. The molecule has 0 atom stereocenters. The van der Waals surface area contributed by atoms with E-state index in [4.69, 9.17) is 23.8 Å². The summed E-state index contributed by atoms with van der Waals surface area (Å²) in [5.74, 6) is 1.65. The normalized spacial score (nSPS) is 12.6. The monoisotopic (exact) mass is 877 g/mol. The Hall–Kier alpha value is -9.19. The fourth-order valence-electron chi connectivity index (χ4n) is 11.8. The van der Waals surface area contributed by atoms with Crippen molar-refractivity contribution in [2.24, 2.45) is 0 Å². The summed E-state index contributed by atoms with van der Waals surface area (Å²) in [7, 11) is 0. The number of nitrogens with zero attached hydrogens (tertiary/aromatic N) is 3. The van der Waals surface area contributed by atoms with Gasteiger partial charge in [-0.3, -0.25) is 0 Å².